The maximum Gasteiger partial charge on any atom is 0.214 e. The molecule has 2 N–H and O–H groups in total. The molecule has 0 saturated carbocycles. The van der Waals surface area contributed by atoms with Crippen LogP contribution in [-0.2, 0) is 10.0 Å². The molecule has 0 bridgehead atoms. The Morgan fingerprint density at radius 2 is 2.09 bits per heavy atom. The van der Waals surface area contributed by atoms with E-state index in [1.54, 1.807) is 7.05 Å². The van der Waals surface area contributed by atoms with Crippen molar-refractivity contribution in [3.63, 3.8) is 0 Å². The molecule has 0 amide bonds. The zero-order valence-electron chi connectivity index (χ0n) is 13.1. The average molecular weight is 324 g/mol. The van der Waals surface area contributed by atoms with Crippen molar-refractivity contribution in [2.45, 2.75) is 19.4 Å². The predicted octanol–water partition coefficient (Wildman–Crippen LogP) is 0.948. The molecule has 0 aromatic heterocycles. The van der Waals surface area contributed by atoms with Gasteiger partial charge in [0.1, 0.15) is 0 Å². The number of aliphatic imine (C=N–C) groups is 1. The summed E-state index contributed by atoms with van der Waals surface area (Å²) in [4.78, 5) is 4.18. The van der Waals surface area contributed by atoms with Gasteiger partial charge in [0.2, 0.25) is 10.0 Å². The standard InChI is InChI=1S/C15H24N4O2S/c1-13(14-7-4-3-5-8-14)18-15(16-2)17-9-11-19-10-6-12-22(19,20)21/h3-5,7-8,13H,6,9-12H2,1-2H3,(H2,16,17,18). The predicted molar refractivity (Wildman–Crippen MR) is 89.3 cm³/mol. The van der Waals surface area contributed by atoms with Crippen LogP contribution in [0.25, 0.3) is 0 Å². The summed E-state index contributed by atoms with van der Waals surface area (Å²) in [6, 6.07) is 10.2. The number of hydrogen-bond donors (Lipinski definition) is 2. The van der Waals surface area contributed by atoms with Gasteiger partial charge in [-0.15, -0.1) is 0 Å². The Morgan fingerprint density at radius 1 is 1.36 bits per heavy atom. The fourth-order valence-corrected chi connectivity index (χ4v) is 3.99. The Labute approximate surface area is 132 Å². The van der Waals surface area contributed by atoms with Crippen molar-refractivity contribution in [2.75, 3.05) is 32.4 Å². The van der Waals surface area contributed by atoms with Crippen LogP contribution in [-0.4, -0.2) is 51.1 Å². The number of nitrogens with zero attached hydrogens (tertiary/aromatic N) is 2. The van der Waals surface area contributed by atoms with Crippen molar-refractivity contribution in [1.29, 1.82) is 0 Å². The Balaban J connectivity index is 1.81. The van der Waals surface area contributed by atoms with Gasteiger partial charge in [-0.3, -0.25) is 4.99 Å². The quantitative estimate of drug-likeness (QED) is 0.625. The van der Waals surface area contributed by atoms with Crippen LogP contribution >= 0.6 is 0 Å². The molecule has 1 aliphatic rings. The fourth-order valence-electron chi connectivity index (χ4n) is 2.47. The van der Waals surface area contributed by atoms with E-state index in [0.29, 0.717) is 25.6 Å². The smallest absolute Gasteiger partial charge is 0.214 e. The maximum atomic E-state index is 11.7. The Kier molecular flexibility index (Phi) is 5.79. The molecule has 1 aromatic rings. The van der Waals surface area contributed by atoms with Gasteiger partial charge in [0.15, 0.2) is 5.96 Å². The Morgan fingerprint density at radius 3 is 2.68 bits per heavy atom. The molecule has 2 rings (SSSR count). The van der Waals surface area contributed by atoms with E-state index in [2.05, 4.69) is 34.7 Å². The first-order valence-corrected chi connectivity index (χ1v) is 9.14. The third-order valence-corrected chi connectivity index (χ3v) is 5.69. The SMILES string of the molecule is CN=C(NCCN1CCCS1(=O)=O)NC(C)c1ccccc1. The zero-order chi connectivity index (χ0) is 16.0. The summed E-state index contributed by atoms with van der Waals surface area (Å²) in [6.07, 6.45) is 0.723. The molecule has 1 aromatic carbocycles. The second kappa shape index (κ2) is 7.60. The minimum Gasteiger partial charge on any atom is -0.355 e. The van der Waals surface area contributed by atoms with E-state index in [1.807, 2.05) is 18.2 Å². The topological polar surface area (TPSA) is 73.8 Å². The number of nitrogens with one attached hydrogen (secondary N) is 2. The van der Waals surface area contributed by atoms with Crippen molar-refractivity contribution in [3.8, 4) is 0 Å². The summed E-state index contributed by atoms with van der Waals surface area (Å²) in [6.45, 7) is 3.70. The molecule has 122 valence electrons. The van der Waals surface area contributed by atoms with Crippen molar-refractivity contribution in [2.24, 2.45) is 4.99 Å². The second-order valence-corrected chi connectivity index (χ2v) is 7.43. The molecule has 0 radical (unpaired) electrons. The van der Waals surface area contributed by atoms with Crippen molar-refractivity contribution < 1.29 is 8.42 Å². The highest BCUT2D eigenvalue weighted by Gasteiger charge is 2.27. The molecular weight excluding hydrogens is 300 g/mol. The highest BCUT2D eigenvalue weighted by molar-refractivity contribution is 7.89. The first kappa shape index (κ1) is 16.8. The molecule has 1 unspecified atom stereocenters. The van der Waals surface area contributed by atoms with Crippen LogP contribution in [0, 0.1) is 0 Å². The lowest BCUT2D eigenvalue weighted by Gasteiger charge is -2.20. The van der Waals surface area contributed by atoms with Gasteiger partial charge < -0.3 is 10.6 Å². The zero-order valence-corrected chi connectivity index (χ0v) is 13.9. The first-order valence-electron chi connectivity index (χ1n) is 7.53. The number of rotatable bonds is 5. The summed E-state index contributed by atoms with van der Waals surface area (Å²) < 4.78 is 25.0. The van der Waals surface area contributed by atoms with E-state index in [0.717, 1.165) is 6.42 Å². The second-order valence-electron chi connectivity index (χ2n) is 5.34. The van der Waals surface area contributed by atoms with Gasteiger partial charge in [0.25, 0.3) is 0 Å². The molecular formula is C15H24N4O2S. The summed E-state index contributed by atoms with van der Waals surface area (Å²) in [7, 11) is -1.32. The van der Waals surface area contributed by atoms with Gasteiger partial charge >= 0.3 is 0 Å². The molecule has 6 nitrogen and oxygen atoms in total. The van der Waals surface area contributed by atoms with Crippen molar-refractivity contribution >= 4 is 16.0 Å². The minimum atomic E-state index is -3.02. The van der Waals surface area contributed by atoms with Gasteiger partial charge in [0.05, 0.1) is 11.8 Å². The van der Waals surface area contributed by atoms with E-state index in [1.165, 1.54) is 9.87 Å². The van der Waals surface area contributed by atoms with Crippen LogP contribution in [0.15, 0.2) is 35.3 Å². The fraction of sp³-hybridized carbons (Fsp3) is 0.533. The summed E-state index contributed by atoms with van der Waals surface area (Å²) >= 11 is 0. The monoisotopic (exact) mass is 324 g/mol. The van der Waals surface area contributed by atoms with Gasteiger partial charge in [-0.1, -0.05) is 30.3 Å². The van der Waals surface area contributed by atoms with E-state index in [-0.39, 0.29) is 11.8 Å². The number of sulfonamides is 1. The Bertz CT molecular complexity index is 601. The third kappa shape index (κ3) is 4.45. The lowest BCUT2D eigenvalue weighted by molar-refractivity contribution is 0.444. The molecule has 22 heavy (non-hydrogen) atoms. The number of hydrogen-bond acceptors (Lipinski definition) is 3. The molecule has 1 atom stereocenters. The Hall–Kier alpha value is -1.60. The van der Waals surface area contributed by atoms with Crippen LogP contribution in [0.2, 0.25) is 0 Å². The van der Waals surface area contributed by atoms with Crippen molar-refractivity contribution in [1.82, 2.24) is 14.9 Å². The summed E-state index contributed by atoms with van der Waals surface area (Å²) in [5.41, 5.74) is 1.17. The molecule has 1 aliphatic heterocycles. The van der Waals surface area contributed by atoms with E-state index in [9.17, 15) is 8.42 Å². The van der Waals surface area contributed by atoms with Gasteiger partial charge in [0, 0.05) is 26.7 Å². The van der Waals surface area contributed by atoms with Crippen LogP contribution in [0.5, 0.6) is 0 Å². The summed E-state index contributed by atoms with van der Waals surface area (Å²) in [5.74, 6) is 0.943. The molecule has 1 fully saturated rings. The van der Waals surface area contributed by atoms with Crippen LogP contribution < -0.4 is 10.6 Å². The highest BCUT2D eigenvalue weighted by Crippen LogP contribution is 2.12. The van der Waals surface area contributed by atoms with Crippen molar-refractivity contribution in [3.05, 3.63) is 35.9 Å². The van der Waals surface area contributed by atoms with Crippen LogP contribution in [0.4, 0.5) is 0 Å². The largest absolute Gasteiger partial charge is 0.355 e. The molecule has 1 heterocycles. The van der Waals surface area contributed by atoms with E-state index in [4.69, 9.17) is 0 Å². The average Bonchev–Trinajstić information content (AvgIpc) is 2.85. The third-order valence-electron chi connectivity index (χ3n) is 3.73. The van der Waals surface area contributed by atoms with E-state index >= 15 is 0 Å². The van der Waals surface area contributed by atoms with Gasteiger partial charge in [-0.2, -0.15) is 0 Å². The molecule has 0 spiro atoms. The number of benzene rings is 1. The first-order chi connectivity index (χ1) is 10.5. The van der Waals surface area contributed by atoms with E-state index < -0.39 is 10.0 Å². The lowest BCUT2D eigenvalue weighted by Crippen LogP contribution is -2.42. The van der Waals surface area contributed by atoms with Gasteiger partial charge in [-0.25, -0.2) is 12.7 Å². The molecule has 0 aliphatic carbocycles. The lowest BCUT2D eigenvalue weighted by atomic mass is 10.1. The van der Waals surface area contributed by atoms with Gasteiger partial charge in [-0.05, 0) is 18.9 Å². The normalized spacial score (nSPS) is 19.8. The molecule has 1 saturated heterocycles. The highest BCUT2D eigenvalue weighted by atomic mass is 32.2. The summed E-state index contributed by atoms with van der Waals surface area (Å²) in [5, 5.41) is 6.47. The van der Waals surface area contributed by atoms with Crippen LogP contribution in [0.1, 0.15) is 24.9 Å². The van der Waals surface area contributed by atoms with Crippen LogP contribution in [0.3, 0.4) is 0 Å². The maximum absolute atomic E-state index is 11.7. The minimum absolute atomic E-state index is 0.128. The number of guanidine groups is 1. The molecule has 7 heteroatoms.